The van der Waals surface area contributed by atoms with E-state index in [9.17, 15) is 9.59 Å². The lowest BCUT2D eigenvalue weighted by Gasteiger charge is -2.19. The van der Waals surface area contributed by atoms with Crippen molar-refractivity contribution in [3.8, 4) is 5.75 Å². The molecule has 0 radical (unpaired) electrons. The Morgan fingerprint density at radius 3 is 2.39 bits per heavy atom. The first kappa shape index (κ1) is 27.6. The van der Waals surface area contributed by atoms with Crippen molar-refractivity contribution < 1.29 is 14.3 Å². The Morgan fingerprint density at radius 2 is 1.78 bits per heavy atom. The SMILES string of the molecule is CCc1ccc(NC(=O)CSc2nnc(C(CCSC)NC(=O)c3ccc(OC)cc3)n2CC)cc1. The number of ether oxygens (including phenoxy) is 1. The molecule has 0 saturated heterocycles. The number of carbonyl (C=O) groups is 2. The van der Waals surface area contributed by atoms with Gasteiger partial charge in [0.15, 0.2) is 11.0 Å². The Morgan fingerprint density at radius 1 is 1.06 bits per heavy atom. The molecule has 0 aliphatic carbocycles. The molecule has 1 atom stereocenters. The second-order valence-corrected chi connectivity index (χ2v) is 9.94. The van der Waals surface area contributed by atoms with Crippen molar-refractivity contribution in [3.05, 3.63) is 65.5 Å². The lowest BCUT2D eigenvalue weighted by atomic mass is 10.1. The monoisotopic (exact) mass is 527 g/mol. The molecule has 2 aromatic carbocycles. The summed E-state index contributed by atoms with van der Waals surface area (Å²) in [6.45, 7) is 4.72. The zero-order valence-electron chi connectivity index (χ0n) is 21.1. The third-order valence-electron chi connectivity index (χ3n) is 5.62. The number of hydrogen-bond acceptors (Lipinski definition) is 7. The van der Waals surface area contributed by atoms with Gasteiger partial charge in [0, 0.05) is 17.8 Å². The number of carbonyl (C=O) groups excluding carboxylic acids is 2. The summed E-state index contributed by atoms with van der Waals surface area (Å²) in [5.41, 5.74) is 2.54. The predicted octanol–water partition coefficient (Wildman–Crippen LogP) is 4.82. The summed E-state index contributed by atoms with van der Waals surface area (Å²) < 4.78 is 7.15. The minimum atomic E-state index is -0.306. The predicted molar refractivity (Wildman–Crippen MR) is 147 cm³/mol. The normalized spacial score (nSPS) is 11.7. The summed E-state index contributed by atoms with van der Waals surface area (Å²) in [6.07, 6.45) is 3.69. The van der Waals surface area contributed by atoms with Crippen LogP contribution in [0.5, 0.6) is 5.75 Å². The van der Waals surface area contributed by atoms with Gasteiger partial charge in [-0.2, -0.15) is 11.8 Å². The van der Waals surface area contributed by atoms with E-state index in [1.807, 2.05) is 42.0 Å². The van der Waals surface area contributed by atoms with Crippen LogP contribution in [-0.2, 0) is 17.8 Å². The number of benzene rings is 2. The third kappa shape index (κ3) is 7.51. The molecule has 192 valence electrons. The molecule has 0 fully saturated rings. The zero-order chi connectivity index (χ0) is 25.9. The van der Waals surface area contributed by atoms with Crippen LogP contribution in [0.25, 0.3) is 0 Å². The Balaban J connectivity index is 1.68. The lowest BCUT2D eigenvalue weighted by Crippen LogP contribution is -2.31. The molecule has 2 amide bonds. The van der Waals surface area contributed by atoms with E-state index in [4.69, 9.17) is 4.74 Å². The van der Waals surface area contributed by atoms with E-state index in [-0.39, 0.29) is 23.6 Å². The highest BCUT2D eigenvalue weighted by molar-refractivity contribution is 7.99. The van der Waals surface area contributed by atoms with Gasteiger partial charge in [0.05, 0.1) is 18.9 Å². The summed E-state index contributed by atoms with van der Waals surface area (Å²) in [7, 11) is 1.59. The van der Waals surface area contributed by atoms with E-state index in [0.717, 1.165) is 17.9 Å². The highest BCUT2D eigenvalue weighted by Gasteiger charge is 2.23. The Labute approximate surface area is 221 Å². The van der Waals surface area contributed by atoms with Gasteiger partial charge < -0.3 is 19.9 Å². The first-order chi connectivity index (χ1) is 17.5. The van der Waals surface area contributed by atoms with Crippen LogP contribution in [0.2, 0.25) is 0 Å². The molecule has 8 nitrogen and oxygen atoms in total. The number of nitrogens with zero attached hydrogens (tertiary/aromatic N) is 3. The van der Waals surface area contributed by atoms with Crippen LogP contribution in [0.1, 0.15) is 48.1 Å². The van der Waals surface area contributed by atoms with Gasteiger partial charge in [-0.3, -0.25) is 9.59 Å². The van der Waals surface area contributed by atoms with Crippen LogP contribution >= 0.6 is 23.5 Å². The molecule has 1 heterocycles. The maximum Gasteiger partial charge on any atom is 0.251 e. The average Bonchev–Trinajstić information content (AvgIpc) is 3.33. The topological polar surface area (TPSA) is 98.1 Å². The number of aryl methyl sites for hydroxylation is 1. The number of rotatable bonds is 13. The standard InChI is InChI=1S/C26H33N5O3S2/c1-5-18-7-11-20(12-8-18)27-23(32)17-36-26-30-29-24(31(26)6-2)22(15-16-35-4)28-25(33)19-9-13-21(34-3)14-10-19/h7-14,22H,5-6,15-17H2,1-4H3,(H,27,32)(H,28,33). The number of methoxy groups -OCH3 is 1. The molecule has 36 heavy (non-hydrogen) atoms. The van der Waals surface area contributed by atoms with Crippen molar-refractivity contribution in [1.29, 1.82) is 0 Å². The molecule has 3 rings (SSSR count). The first-order valence-electron chi connectivity index (χ1n) is 11.9. The Bertz CT molecular complexity index is 1130. The Kier molecular flexibility index (Phi) is 10.7. The highest BCUT2D eigenvalue weighted by atomic mass is 32.2. The average molecular weight is 528 g/mol. The minimum absolute atomic E-state index is 0.108. The fraction of sp³-hybridized carbons (Fsp3) is 0.385. The van der Waals surface area contributed by atoms with E-state index >= 15 is 0 Å². The second-order valence-electron chi connectivity index (χ2n) is 8.01. The molecule has 0 bridgehead atoms. The fourth-order valence-corrected chi connectivity index (χ4v) is 4.88. The minimum Gasteiger partial charge on any atom is -0.497 e. The number of anilines is 1. The number of thioether (sulfide) groups is 2. The van der Waals surface area contributed by atoms with Gasteiger partial charge in [-0.15, -0.1) is 10.2 Å². The third-order valence-corrected chi connectivity index (χ3v) is 7.23. The maximum atomic E-state index is 13.0. The van der Waals surface area contributed by atoms with Gasteiger partial charge in [0.1, 0.15) is 5.75 Å². The zero-order valence-corrected chi connectivity index (χ0v) is 22.7. The van der Waals surface area contributed by atoms with Crippen molar-refractivity contribution in [2.45, 2.75) is 44.4 Å². The molecule has 0 aliphatic rings. The second kappa shape index (κ2) is 13.9. The maximum absolute atomic E-state index is 13.0. The van der Waals surface area contributed by atoms with Gasteiger partial charge in [-0.25, -0.2) is 0 Å². The van der Waals surface area contributed by atoms with Gasteiger partial charge in [0.25, 0.3) is 5.91 Å². The molecule has 3 aromatic rings. The fourth-order valence-electron chi connectivity index (χ4n) is 3.60. The van der Waals surface area contributed by atoms with Crippen LogP contribution in [0.3, 0.4) is 0 Å². The van der Waals surface area contributed by atoms with Crippen LogP contribution in [0, 0.1) is 0 Å². The molecule has 10 heteroatoms. The molecule has 0 saturated carbocycles. The quantitative estimate of drug-likeness (QED) is 0.307. The molecular weight excluding hydrogens is 494 g/mol. The van der Waals surface area contributed by atoms with Crippen LogP contribution in [0.15, 0.2) is 53.7 Å². The summed E-state index contributed by atoms with van der Waals surface area (Å²) in [5.74, 6) is 2.15. The highest BCUT2D eigenvalue weighted by Crippen LogP contribution is 2.24. The van der Waals surface area contributed by atoms with E-state index in [1.165, 1.54) is 17.3 Å². The first-order valence-corrected chi connectivity index (χ1v) is 14.3. The van der Waals surface area contributed by atoms with Crippen molar-refractivity contribution in [1.82, 2.24) is 20.1 Å². The van der Waals surface area contributed by atoms with Crippen LogP contribution < -0.4 is 15.4 Å². The van der Waals surface area contributed by atoms with E-state index < -0.39 is 0 Å². The summed E-state index contributed by atoms with van der Waals surface area (Å²) in [6, 6.07) is 14.5. The van der Waals surface area contributed by atoms with Gasteiger partial charge in [0.2, 0.25) is 5.91 Å². The van der Waals surface area contributed by atoms with Crippen molar-refractivity contribution in [2.75, 3.05) is 30.2 Å². The van der Waals surface area contributed by atoms with E-state index in [2.05, 4.69) is 27.8 Å². The molecule has 1 unspecified atom stereocenters. The van der Waals surface area contributed by atoms with Crippen molar-refractivity contribution in [3.63, 3.8) is 0 Å². The van der Waals surface area contributed by atoms with Gasteiger partial charge in [-0.05, 0) is 73.7 Å². The van der Waals surface area contributed by atoms with Gasteiger partial charge >= 0.3 is 0 Å². The number of hydrogen-bond donors (Lipinski definition) is 2. The smallest absolute Gasteiger partial charge is 0.251 e. The molecular formula is C26H33N5O3S2. The van der Waals surface area contributed by atoms with Gasteiger partial charge in [-0.1, -0.05) is 30.8 Å². The lowest BCUT2D eigenvalue weighted by molar-refractivity contribution is -0.113. The largest absolute Gasteiger partial charge is 0.497 e. The number of nitrogens with one attached hydrogen (secondary N) is 2. The van der Waals surface area contributed by atoms with Crippen molar-refractivity contribution in [2.24, 2.45) is 0 Å². The molecule has 1 aromatic heterocycles. The number of aromatic nitrogens is 3. The molecule has 2 N–H and O–H groups in total. The van der Waals surface area contributed by atoms with Crippen molar-refractivity contribution >= 4 is 41.0 Å². The summed E-state index contributed by atoms with van der Waals surface area (Å²) >= 11 is 3.04. The van der Waals surface area contributed by atoms with Crippen LogP contribution in [0.4, 0.5) is 5.69 Å². The van der Waals surface area contributed by atoms with E-state index in [0.29, 0.717) is 35.3 Å². The molecule has 0 spiro atoms. The summed E-state index contributed by atoms with van der Waals surface area (Å²) in [4.78, 5) is 25.5. The number of amides is 2. The Hall–Kier alpha value is -2.98. The van der Waals surface area contributed by atoms with E-state index in [1.54, 1.807) is 43.1 Å². The summed E-state index contributed by atoms with van der Waals surface area (Å²) in [5, 5.41) is 15.4. The van der Waals surface area contributed by atoms with Crippen LogP contribution in [-0.4, -0.2) is 51.5 Å². The molecule has 0 aliphatic heterocycles.